The number of aryl methyl sites for hydroxylation is 1. The van der Waals surface area contributed by atoms with Gasteiger partial charge in [0, 0.05) is 13.0 Å². The van der Waals surface area contributed by atoms with Crippen LogP contribution in [-0.2, 0) is 11.2 Å². The molecule has 1 saturated heterocycles. The number of likely N-dealkylation sites (tertiary alicyclic amines) is 1. The average molecular weight is 429 g/mol. The number of nitrogens with zero attached hydrogens (tertiary/aromatic N) is 1. The Balaban J connectivity index is 1.42. The topological polar surface area (TPSA) is 50.8 Å². The molecule has 0 aromatic heterocycles. The summed E-state index contributed by atoms with van der Waals surface area (Å²) in [5, 5.41) is 3.63. The Labute approximate surface area is 183 Å². The van der Waals surface area contributed by atoms with Gasteiger partial charge in [0.05, 0.1) is 30.7 Å². The lowest BCUT2D eigenvalue weighted by Crippen LogP contribution is -2.37. The molecule has 30 heavy (non-hydrogen) atoms. The van der Waals surface area contributed by atoms with Crippen LogP contribution >= 0.6 is 11.6 Å². The molecule has 1 amide bonds. The van der Waals surface area contributed by atoms with Gasteiger partial charge in [-0.1, -0.05) is 41.4 Å². The molecule has 2 aromatic rings. The molecule has 0 bridgehead atoms. The predicted octanol–water partition coefficient (Wildman–Crippen LogP) is 4.31. The Morgan fingerprint density at radius 2 is 1.83 bits per heavy atom. The molecule has 1 fully saturated rings. The molecule has 1 atom stereocenters. The smallest absolute Gasteiger partial charge is 0.224 e. The quantitative estimate of drug-likeness (QED) is 0.745. The van der Waals surface area contributed by atoms with Gasteiger partial charge in [0.1, 0.15) is 0 Å². The van der Waals surface area contributed by atoms with Gasteiger partial charge in [-0.15, -0.1) is 0 Å². The molecule has 2 heterocycles. The number of hydrogen-bond acceptors (Lipinski definition) is 4. The Morgan fingerprint density at radius 3 is 2.60 bits per heavy atom. The molecule has 160 valence electrons. The molecule has 2 aliphatic heterocycles. The summed E-state index contributed by atoms with van der Waals surface area (Å²) in [6.45, 7) is 6.02. The summed E-state index contributed by atoms with van der Waals surface area (Å²) >= 11 is 6.37. The van der Waals surface area contributed by atoms with Crippen molar-refractivity contribution in [2.75, 3.05) is 32.8 Å². The Kier molecular flexibility index (Phi) is 6.80. The predicted molar refractivity (Wildman–Crippen MR) is 118 cm³/mol. The SMILES string of the molecule is Cc1ccc(C(CNC(=O)Cc2cc(Cl)c3c(c2)OCCCO3)N2CCCC2)cc1. The van der Waals surface area contributed by atoms with Crippen molar-refractivity contribution in [1.29, 1.82) is 0 Å². The molecular weight excluding hydrogens is 400 g/mol. The van der Waals surface area contributed by atoms with E-state index in [2.05, 4.69) is 41.4 Å². The number of carbonyl (C=O) groups is 1. The fraction of sp³-hybridized carbons (Fsp3) is 0.458. The zero-order chi connectivity index (χ0) is 20.9. The molecule has 0 spiro atoms. The number of fused-ring (bicyclic) bond motifs is 1. The van der Waals surface area contributed by atoms with Gasteiger partial charge < -0.3 is 14.8 Å². The molecule has 4 rings (SSSR count). The summed E-state index contributed by atoms with van der Waals surface area (Å²) in [7, 11) is 0. The number of rotatable bonds is 6. The van der Waals surface area contributed by atoms with Gasteiger partial charge in [-0.3, -0.25) is 9.69 Å². The van der Waals surface area contributed by atoms with Crippen LogP contribution in [0, 0.1) is 6.92 Å². The van der Waals surface area contributed by atoms with Crippen LogP contribution in [-0.4, -0.2) is 43.7 Å². The third kappa shape index (κ3) is 5.08. The van der Waals surface area contributed by atoms with E-state index in [1.807, 2.05) is 6.07 Å². The summed E-state index contributed by atoms with van der Waals surface area (Å²) in [4.78, 5) is 15.2. The van der Waals surface area contributed by atoms with Gasteiger partial charge in [-0.25, -0.2) is 0 Å². The number of amides is 1. The molecule has 1 N–H and O–H groups in total. The number of benzene rings is 2. The molecule has 0 radical (unpaired) electrons. The van der Waals surface area contributed by atoms with Gasteiger partial charge in [0.2, 0.25) is 5.91 Å². The normalized spacial score (nSPS) is 17.4. The van der Waals surface area contributed by atoms with E-state index in [-0.39, 0.29) is 18.4 Å². The van der Waals surface area contributed by atoms with E-state index in [0.29, 0.717) is 36.3 Å². The average Bonchev–Trinajstić information content (AvgIpc) is 3.14. The minimum Gasteiger partial charge on any atom is -0.489 e. The summed E-state index contributed by atoms with van der Waals surface area (Å²) in [5.41, 5.74) is 3.32. The van der Waals surface area contributed by atoms with Gasteiger partial charge in [-0.2, -0.15) is 0 Å². The Bertz CT molecular complexity index is 879. The zero-order valence-electron chi connectivity index (χ0n) is 17.5. The first-order valence-corrected chi connectivity index (χ1v) is 11.1. The zero-order valence-corrected chi connectivity index (χ0v) is 18.2. The maximum Gasteiger partial charge on any atom is 0.224 e. The molecule has 6 heteroatoms. The maximum absolute atomic E-state index is 12.7. The van der Waals surface area contributed by atoms with E-state index < -0.39 is 0 Å². The number of halogens is 1. The van der Waals surface area contributed by atoms with Crippen molar-refractivity contribution in [3.8, 4) is 11.5 Å². The second-order valence-electron chi connectivity index (χ2n) is 8.11. The standard InChI is InChI=1S/C24H29ClN2O3/c1-17-5-7-19(8-6-17)21(27-9-2-3-10-27)16-26-23(28)15-18-13-20(25)24-22(14-18)29-11-4-12-30-24/h5-8,13-14,21H,2-4,9-12,15-16H2,1H3,(H,26,28). The van der Waals surface area contributed by atoms with E-state index >= 15 is 0 Å². The van der Waals surface area contributed by atoms with Crippen molar-refractivity contribution < 1.29 is 14.3 Å². The van der Waals surface area contributed by atoms with Gasteiger partial charge in [0.15, 0.2) is 11.5 Å². The van der Waals surface area contributed by atoms with Crippen molar-refractivity contribution in [3.05, 3.63) is 58.1 Å². The summed E-state index contributed by atoms with van der Waals surface area (Å²) in [6, 6.07) is 12.5. The first kappa shape index (κ1) is 21.0. The van der Waals surface area contributed by atoms with Gasteiger partial charge in [0.25, 0.3) is 0 Å². The van der Waals surface area contributed by atoms with Crippen LogP contribution < -0.4 is 14.8 Å². The number of ether oxygens (including phenoxy) is 2. The number of carbonyl (C=O) groups excluding carboxylic acids is 1. The fourth-order valence-electron chi connectivity index (χ4n) is 4.14. The summed E-state index contributed by atoms with van der Waals surface area (Å²) < 4.78 is 11.4. The van der Waals surface area contributed by atoms with Crippen LogP contribution in [0.1, 0.15) is 42.0 Å². The molecule has 2 aromatic carbocycles. The number of hydrogen-bond donors (Lipinski definition) is 1. The lowest BCUT2D eigenvalue weighted by molar-refractivity contribution is -0.120. The van der Waals surface area contributed by atoms with Crippen LogP contribution in [0.3, 0.4) is 0 Å². The van der Waals surface area contributed by atoms with E-state index in [1.54, 1.807) is 6.07 Å². The highest BCUT2D eigenvalue weighted by atomic mass is 35.5. The monoisotopic (exact) mass is 428 g/mol. The summed E-state index contributed by atoms with van der Waals surface area (Å²) in [5.74, 6) is 1.18. The highest BCUT2D eigenvalue weighted by molar-refractivity contribution is 6.32. The molecule has 0 aliphatic carbocycles. The summed E-state index contributed by atoms with van der Waals surface area (Å²) in [6.07, 6.45) is 3.51. The largest absolute Gasteiger partial charge is 0.489 e. The molecule has 5 nitrogen and oxygen atoms in total. The van der Waals surface area contributed by atoms with Gasteiger partial charge >= 0.3 is 0 Å². The fourth-order valence-corrected chi connectivity index (χ4v) is 4.43. The van der Waals surface area contributed by atoms with Crippen molar-refractivity contribution in [3.63, 3.8) is 0 Å². The van der Waals surface area contributed by atoms with Crippen molar-refractivity contribution >= 4 is 17.5 Å². The van der Waals surface area contributed by atoms with Crippen LogP contribution in [0.25, 0.3) is 0 Å². The van der Waals surface area contributed by atoms with Crippen molar-refractivity contribution in [2.45, 2.75) is 38.6 Å². The van der Waals surface area contributed by atoms with Crippen LogP contribution in [0.4, 0.5) is 0 Å². The molecular formula is C24H29ClN2O3. The van der Waals surface area contributed by atoms with Crippen LogP contribution in [0.5, 0.6) is 11.5 Å². The van der Waals surface area contributed by atoms with Gasteiger partial charge in [-0.05, 0) is 56.1 Å². The third-order valence-electron chi connectivity index (χ3n) is 5.76. The van der Waals surface area contributed by atoms with E-state index in [9.17, 15) is 4.79 Å². The second-order valence-corrected chi connectivity index (χ2v) is 8.51. The Morgan fingerprint density at radius 1 is 1.10 bits per heavy atom. The van der Waals surface area contributed by atoms with Crippen molar-refractivity contribution in [1.82, 2.24) is 10.2 Å². The molecule has 2 aliphatic rings. The third-order valence-corrected chi connectivity index (χ3v) is 6.04. The maximum atomic E-state index is 12.7. The number of nitrogens with one attached hydrogen (secondary N) is 1. The highest BCUT2D eigenvalue weighted by Gasteiger charge is 2.24. The van der Waals surface area contributed by atoms with Crippen molar-refractivity contribution in [2.24, 2.45) is 0 Å². The van der Waals surface area contributed by atoms with E-state index in [0.717, 1.165) is 25.1 Å². The highest BCUT2D eigenvalue weighted by Crippen LogP contribution is 2.38. The van der Waals surface area contributed by atoms with Crippen LogP contribution in [0.15, 0.2) is 36.4 Å². The lowest BCUT2D eigenvalue weighted by atomic mass is 10.0. The van der Waals surface area contributed by atoms with E-state index in [4.69, 9.17) is 21.1 Å². The lowest BCUT2D eigenvalue weighted by Gasteiger charge is -2.28. The first-order chi connectivity index (χ1) is 14.6. The molecule has 0 saturated carbocycles. The molecule has 1 unspecified atom stereocenters. The van der Waals surface area contributed by atoms with Crippen LogP contribution in [0.2, 0.25) is 5.02 Å². The first-order valence-electron chi connectivity index (χ1n) is 10.8. The minimum atomic E-state index is -0.0168. The minimum absolute atomic E-state index is 0.0168. The van der Waals surface area contributed by atoms with E-state index in [1.165, 1.54) is 24.0 Å². The second kappa shape index (κ2) is 9.71. The Hall–Kier alpha value is -2.24.